The average molecular weight is 300 g/mol. The van der Waals surface area contributed by atoms with Gasteiger partial charge in [0.2, 0.25) is 5.91 Å². The normalized spacial score (nSPS) is 13.3. The van der Waals surface area contributed by atoms with Gasteiger partial charge in [0, 0.05) is 13.0 Å². The molecule has 0 aromatic carbocycles. The Labute approximate surface area is 116 Å². The van der Waals surface area contributed by atoms with Crippen molar-refractivity contribution in [3.63, 3.8) is 0 Å². The molecule has 19 heavy (non-hydrogen) atoms. The molecule has 0 fully saturated rings. The summed E-state index contributed by atoms with van der Waals surface area (Å²) >= 11 is 1.41. The topological polar surface area (TPSA) is 55.1 Å². The van der Waals surface area contributed by atoms with E-state index in [1.54, 1.807) is 0 Å². The van der Waals surface area contributed by atoms with Crippen LogP contribution in [0, 0.1) is 0 Å². The second-order valence-electron chi connectivity index (χ2n) is 4.37. The summed E-state index contributed by atoms with van der Waals surface area (Å²) in [6.45, 7) is 2.66. The molecule has 7 heteroatoms. The van der Waals surface area contributed by atoms with Gasteiger partial charge in [-0.05, 0) is 30.8 Å². The largest absolute Gasteiger partial charge is 0.389 e. The SMILES string of the molecule is CCCCNC(=O)C(N)CCSCCCC(F)(F)F. The van der Waals surface area contributed by atoms with Gasteiger partial charge in [-0.3, -0.25) is 4.79 Å². The van der Waals surface area contributed by atoms with Gasteiger partial charge < -0.3 is 11.1 Å². The minimum atomic E-state index is -4.07. The Morgan fingerprint density at radius 1 is 1.32 bits per heavy atom. The minimum Gasteiger partial charge on any atom is -0.355 e. The monoisotopic (exact) mass is 300 g/mol. The molecule has 1 unspecified atom stereocenters. The maximum absolute atomic E-state index is 11.9. The predicted molar refractivity (Wildman–Crippen MR) is 73.1 cm³/mol. The van der Waals surface area contributed by atoms with Crippen LogP contribution >= 0.6 is 11.8 Å². The van der Waals surface area contributed by atoms with E-state index in [1.807, 2.05) is 6.92 Å². The number of carbonyl (C=O) groups is 1. The molecule has 0 spiro atoms. The number of hydrogen-bond acceptors (Lipinski definition) is 3. The summed E-state index contributed by atoms with van der Waals surface area (Å²) in [6.07, 6.45) is -2.28. The molecule has 1 atom stereocenters. The lowest BCUT2D eigenvalue weighted by Gasteiger charge is -2.11. The zero-order chi connectivity index (χ0) is 14.7. The average Bonchev–Trinajstić information content (AvgIpc) is 2.32. The maximum atomic E-state index is 11.9. The fourth-order valence-electron chi connectivity index (χ4n) is 1.34. The van der Waals surface area contributed by atoms with E-state index < -0.39 is 18.6 Å². The Hall–Kier alpha value is -0.430. The summed E-state index contributed by atoms with van der Waals surface area (Å²) in [5.41, 5.74) is 5.68. The molecule has 0 aliphatic rings. The highest BCUT2D eigenvalue weighted by molar-refractivity contribution is 7.99. The van der Waals surface area contributed by atoms with E-state index >= 15 is 0 Å². The van der Waals surface area contributed by atoms with Crippen molar-refractivity contribution in [1.29, 1.82) is 0 Å². The highest BCUT2D eigenvalue weighted by Crippen LogP contribution is 2.22. The predicted octanol–water partition coefficient (Wildman–Crippen LogP) is 2.70. The first kappa shape index (κ1) is 18.6. The Balaban J connectivity index is 3.47. The number of thioether (sulfide) groups is 1. The minimum absolute atomic E-state index is 0.117. The lowest BCUT2D eigenvalue weighted by atomic mass is 10.2. The second kappa shape index (κ2) is 10.4. The fraction of sp³-hybridized carbons (Fsp3) is 0.917. The second-order valence-corrected chi connectivity index (χ2v) is 5.60. The van der Waals surface area contributed by atoms with Crippen LogP contribution in [0.5, 0.6) is 0 Å². The third-order valence-electron chi connectivity index (χ3n) is 2.49. The molecular formula is C12H23F3N2OS. The number of halogens is 3. The highest BCUT2D eigenvalue weighted by atomic mass is 32.2. The quantitative estimate of drug-likeness (QED) is 0.610. The standard InChI is InChI=1S/C12H23F3N2OS/c1-2-3-7-17-11(18)10(16)5-9-19-8-4-6-12(13,14)15/h10H,2-9,16H2,1H3,(H,17,18). The van der Waals surface area contributed by atoms with E-state index in [9.17, 15) is 18.0 Å². The van der Waals surface area contributed by atoms with Crippen LogP contribution in [0.1, 0.15) is 39.0 Å². The Kier molecular flexibility index (Phi) is 10.1. The summed E-state index contributed by atoms with van der Waals surface area (Å²) in [5.74, 6) is 0.883. The fourth-order valence-corrected chi connectivity index (χ4v) is 2.31. The first-order chi connectivity index (χ1) is 8.87. The van der Waals surface area contributed by atoms with E-state index in [0.29, 0.717) is 24.5 Å². The molecule has 0 heterocycles. The van der Waals surface area contributed by atoms with Crippen molar-refractivity contribution in [3.05, 3.63) is 0 Å². The Morgan fingerprint density at radius 3 is 2.58 bits per heavy atom. The van der Waals surface area contributed by atoms with E-state index in [-0.39, 0.29) is 12.3 Å². The van der Waals surface area contributed by atoms with E-state index in [4.69, 9.17) is 5.73 Å². The van der Waals surface area contributed by atoms with E-state index in [0.717, 1.165) is 12.8 Å². The molecule has 0 aromatic heterocycles. The lowest BCUT2D eigenvalue weighted by Crippen LogP contribution is -2.41. The van der Waals surface area contributed by atoms with Gasteiger partial charge in [0.05, 0.1) is 6.04 Å². The molecule has 0 rings (SSSR count). The molecular weight excluding hydrogens is 277 g/mol. The van der Waals surface area contributed by atoms with Gasteiger partial charge in [0.25, 0.3) is 0 Å². The van der Waals surface area contributed by atoms with Gasteiger partial charge >= 0.3 is 6.18 Å². The van der Waals surface area contributed by atoms with Crippen molar-refractivity contribution >= 4 is 17.7 Å². The molecule has 3 nitrogen and oxygen atoms in total. The van der Waals surface area contributed by atoms with Gasteiger partial charge in [-0.25, -0.2) is 0 Å². The van der Waals surface area contributed by atoms with Crippen LogP contribution in [0.25, 0.3) is 0 Å². The van der Waals surface area contributed by atoms with Gasteiger partial charge in [-0.15, -0.1) is 0 Å². The molecule has 0 saturated carbocycles. The number of hydrogen-bond donors (Lipinski definition) is 2. The first-order valence-electron chi connectivity index (χ1n) is 6.54. The smallest absolute Gasteiger partial charge is 0.355 e. The number of carbonyl (C=O) groups excluding carboxylic acids is 1. The van der Waals surface area contributed by atoms with Crippen molar-refractivity contribution in [2.75, 3.05) is 18.1 Å². The number of amides is 1. The van der Waals surface area contributed by atoms with E-state index in [1.165, 1.54) is 11.8 Å². The molecule has 3 N–H and O–H groups in total. The van der Waals surface area contributed by atoms with Crippen molar-refractivity contribution in [2.24, 2.45) is 5.73 Å². The van der Waals surface area contributed by atoms with Crippen LogP contribution in [0.2, 0.25) is 0 Å². The molecule has 0 radical (unpaired) electrons. The number of unbranched alkanes of at least 4 members (excludes halogenated alkanes) is 1. The third kappa shape index (κ3) is 12.4. The number of alkyl halides is 3. The van der Waals surface area contributed by atoms with Gasteiger partial charge in [-0.1, -0.05) is 13.3 Å². The number of nitrogens with one attached hydrogen (secondary N) is 1. The van der Waals surface area contributed by atoms with Crippen LogP contribution in [0.3, 0.4) is 0 Å². The van der Waals surface area contributed by atoms with Crippen LogP contribution in [0.4, 0.5) is 13.2 Å². The summed E-state index contributed by atoms with van der Waals surface area (Å²) in [7, 11) is 0. The Morgan fingerprint density at radius 2 is 2.00 bits per heavy atom. The van der Waals surface area contributed by atoms with Crippen molar-refractivity contribution < 1.29 is 18.0 Å². The lowest BCUT2D eigenvalue weighted by molar-refractivity contribution is -0.134. The highest BCUT2D eigenvalue weighted by Gasteiger charge is 2.25. The van der Waals surface area contributed by atoms with Crippen molar-refractivity contribution in [3.8, 4) is 0 Å². The van der Waals surface area contributed by atoms with Crippen LogP contribution < -0.4 is 11.1 Å². The summed E-state index contributed by atoms with van der Waals surface area (Å²) in [6, 6.07) is -0.563. The molecule has 0 aliphatic heterocycles. The zero-order valence-corrected chi connectivity index (χ0v) is 12.1. The van der Waals surface area contributed by atoms with Crippen molar-refractivity contribution in [2.45, 2.75) is 51.2 Å². The van der Waals surface area contributed by atoms with E-state index in [2.05, 4.69) is 5.32 Å². The summed E-state index contributed by atoms with van der Waals surface area (Å²) < 4.78 is 35.6. The molecule has 0 aromatic rings. The van der Waals surface area contributed by atoms with Gasteiger partial charge in [0.1, 0.15) is 0 Å². The Bertz CT molecular complexity index is 250. The van der Waals surface area contributed by atoms with Gasteiger partial charge in [0.15, 0.2) is 0 Å². The van der Waals surface area contributed by atoms with Crippen LogP contribution in [0.15, 0.2) is 0 Å². The molecule has 0 aliphatic carbocycles. The molecule has 0 bridgehead atoms. The molecule has 1 amide bonds. The zero-order valence-electron chi connectivity index (χ0n) is 11.3. The van der Waals surface area contributed by atoms with Crippen LogP contribution in [-0.2, 0) is 4.79 Å². The summed E-state index contributed by atoms with van der Waals surface area (Å²) in [5, 5.41) is 2.73. The maximum Gasteiger partial charge on any atom is 0.389 e. The number of rotatable bonds is 10. The molecule has 114 valence electrons. The third-order valence-corrected chi connectivity index (χ3v) is 3.59. The first-order valence-corrected chi connectivity index (χ1v) is 7.70. The molecule has 0 saturated heterocycles. The summed E-state index contributed by atoms with van der Waals surface area (Å²) in [4.78, 5) is 11.5. The van der Waals surface area contributed by atoms with Gasteiger partial charge in [-0.2, -0.15) is 24.9 Å². The van der Waals surface area contributed by atoms with Crippen molar-refractivity contribution in [1.82, 2.24) is 5.32 Å². The number of nitrogens with two attached hydrogens (primary N) is 1. The van der Waals surface area contributed by atoms with Crippen LogP contribution in [-0.4, -0.2) is 36.2 Å².